The van der Waals surface area contributed by atoms with Gasteiger partial charge in [0.05, 0.1) is 0 Å². The maximum atomic E-state index is 3.87. The summed E-state index contributed by atoms with van der Waals surface area (Å²) in [5, 5.41) is 3.27. The molecule has 1 N–H and O–H groups in total. The van der Waals surface area contributed by atoms with Gasteiger partial charge in [0.2, 0.25) is 0 Å². The number of nitrogens with one attached hydrogen (secondary N) is 1. The number of halogens is 1. The zero-order chi connectivity index (χ0) is 16.2. The Kier molecular flexibility index (Phi) is 5.19. The number of rotatable bonds is 5. The first-order chi connectivity index (χ1) is 11.1. The van der Waals surface area contributed by atoms with E-state index in [2.05, 4.69) is 75.2 Å². The van der Waals surface area contributed by atoms with Gasteiger partial charge in [-0.2, -0.15) is 0 Å². The van der Waals surface area contributed by atoms with Crippen molar-refractivity contribution in [1.29, 1.82) is 0 Å². The third-order valence-corrected chi connectivity index (χ3v) is 5.05. The molecule has 2 aromatic carbocycles. The first-order valence-corrected chi connectivity index (χ1v) is 8.87. The van der Waals surface area contributed by atoms with Crippen molar-refractivity contribution in [3.63, 3.8) is 0 Å². The molecule has 3 rings (SSSR count). The molecule has 3 heteroatoms. The van der Waals surface area contributed by atoms with Gasteiger partial charge in [-0.25, -0.2) is 0 Å². The molecule has 0 atom stereocenters. The van der Waals surface area contributed by atoms with Crippen molar-refractivity contribution in [2.75, 3.05) is 6.54 Å². The quantitative estimate of drug-likeness (QED) is 0.824. The van der Waals surface area contributed by atoms with Gasteiger partial charge in [-0.1, -0.05) is 58.9 Å². The Morgan fingerprint density at radius 1 is 1.17 bits per heavy atom. The number of hydrogen-bond donors (Lipinski definition) is 1. The highest BCUT2D eigenvalue weighted by Crippen LogP contribution is 2.27. The SMILES string of the molecule is C=C(C)NCc1ccc(CN2CCc3c(Br)cccc3C2)cc1. The van der Waals surface area contributed by atoms with Crippen LogP contribution >= 0.6 is 15.9 Å². The van der Waals surface area contributed by atoms with E-state index in [4.69, 9.17) is 0 Å². The second-order valence-corrected chi connectivity index (χ2v) is 7.14. The second kappa shape index (κ2) is 7.33. The van der Waals surface area contributed by atoms with Gasteiger partial charge in [0.1, 0.15) is 0 Å². The van der Waals surface area contributed by atoms with Crippen molar-refractivity contribution in [2.24, 2.45) is 0 Å². The molecule has 23 heavy (non-hydrogen) atoms. The van der Waals surface area contributed by atoms with Crippen LogP contribution in [-0.4, -0.2) is 11.4 Å². The molecule has 0 unspecified atom stereocenters. The molecule has 0 amide bonds. The minimum atomic E-state index is 0.848. The molecule has 0 spiro atoms. The number of benzene rings is 2. The van der Waals surface area contributed by atoms with E-state index >= 15 is 0 Å². The Balaban J connectivity index is 1.61. The Morgan fingerprint density at radius 2 is 1.91 bits per heavy atom. The molecule has 0 saturated carbocycles. The molecule has 1 heterocycles. The number of nitrogens with zero attached hydrogens (tertiary/aromatic N) is 1. The number of hydrogen-bond acceptors (Lipinski definition) is 2. The monoisotopic (exact) mass is 370 g/mol. The maximum absolute atomic E-state index is 3.87. The standard InChI is InChI=1S/C20H23BrN2/c1-15(2)22-12-16-6-8-17(9-7-16)13-23-11-10-19-18(14-23)4-3-5-20(19)21/h3-9,22H,1,10-14H2,2H3. The zero-order valence-electron chi connectivity index (χ0n) is 13.6. The largest absolute Gasteiger partial charge is 0.385 e. The van der Waals surface area contributed by atoms with Crippen LogP contribution in [0.25, 0.3) is 0 Å². The predicted octanol–water partition coefficient (Wildman–Crippen LogP) is 4.63. The van der Waals surface area contributed by atoms with E-state index in [0.29, 0.717) is 0 Å². The molecule has 0 bridgehead atoms. The summed E-state index contributed by atoms with van der Waals surface area (Å²) < 4.78 is 1.25. The van der Waals surface area contributed by atoms with Crippen LogP contribution in [0.5, 0.6) is 0 Å². The average Bonchev–Trinajstić information content (AvgIpc) is 2.54. The average molecular weight is 371 g/mol. The predicted molar refractivity (Wildman–Crippen MR) is 100 cm³/mol. The lowest BCUT2D eigenvalue weighted by molar-refractivity contribution is 0.245. The van der Waals surface area contributed by atoms with Crippen LogP contribution in [0.1, 0.15) is 29.2 Å². The molecule has 2 aromatic rings. The van der Waals surface area contributed by atoms with Gasteiger partial charge in [0, 0.05) is 36.3 Å². The van der Waals surface area contributed by atoms with Gasteiger partial charge in [-0.15, -0.1) is 0 Å². The van der Waals surface area contributed by atoms with Crippen molar-refractivity contribution in [3.8, 4) is 0 Å². The molecule has 0 aromatic heterocycles. The third kappa shape index (κ3) is 4.24. The van der Waals surface area contributed by atoms with Crippen LogP contribution in [0.2, 0.25) is 0 Å². The van der Waals surface area contributed by atoms with Crippen LogP contribution in [0.3, 0.4) is 0 Å². The molecule has 2 nitrogen and oxygen atoms in total. The topological polar surface area (TPSA) is 15.3 Å². The highest BCUT2D eigenvalue weighted by Gasteiger charge is 2.17. The molecule has 0 saturated heterocycles. The Morgan fingerprint density at radius 3 is 2.65 bits per heavy atom. The summed E-state index contributed by atoms with van der Waals surface area (Å²) in [6.45, 7) is 9.87. The van der Waals surface area contributed by atoms with Gasteiger partial charge < -0.3 is 5.32 Å². The zero-order valence-corrected chi connectivity index (χ0v) is 15.2. The lowest BCUT2D eigenvalue weighted by Crippen LogP contribution is -2.30. The fraction of sp³-hybridized carbons (Fsp3) is 0.300. The minimum Gasteiger partial charge on any atom is -0.385 e. The summed E-state index contributed by atoms with van der Waals surface area (Å²) in [6.07, 6.45) is 1.12. The van der Waals surface area contributed by atoms with E-state index in [1.807, 2.05) is 6.92 Å². The van der Waals surface area contributed by atoms with Crippen LogP contribution in [0, 0.1) is 0 Å². The molecule has 0 fully saturated rings. The lowest BCUT2D eigenvalue weighted by Gasteiger charge is -2.29. The van der Waals surface area contributed by atoms with Crippen molar-refractivity contribution in [2.45, 2.75) is 33.0 Å². The molecule has 120 valence electrons. The third-order valence-electron chi connectivity index (χ3n) is 4.31. The van der Waals surface area contributed by atoms with Crippen molar-refractivity contribution >= 4 is 15.9 Å². The van der Waals surface area contributed by atoms with E-state index in [9.17, 15) is 0 Å². The van der Waals surface area contributed by atoms with E-state index < -0.39 is 0 Å². The van der Waals surface area contributed by atoms with E-state index in [1.54, 1.807) is 0 Å². The van der Waals surface area contributed by atoms with E-state index in [0.717, 1.165) is 38.3 Å². The summed E-state index contributed by atoms with van der Waals surface area (Å²) in [4.78, 5) is 2.52. The first-order valence-electron chi connectivity index (χ1n) is 8.07. The van der Waals surface area contributed by atoms with Crippen LogP contribution in [0.4, 0.5) is 0 Å². The lowest BCUT2D eigenvalue weighted by atomic mass is 9.99. The fourth-order valence-corrected chi connectivity index (χ4v) is 3.64. The first kappa shape index (κ1) is 16.3. The summed E-state index contributed by atoms with van der Waals surface area (Å²) in [5.41, 5.74) is 6.61. The highest BCUT2D eigenvalue weighted by molar-refractivity contribution is 9.10. The summed E-state index contributed by atoms with van der Waals surface area (Å²) >= 11 is 3.67. The molecule has 0 radical (unpaired) electrons. The summed E-state index contributed by atoms with van der Waals surface area (Å²) in [6, 6.07) is 15.4. The van der Waals surface area contributed by atoms with Gasteiger partial charge in [-0.05, 0) is 41.7 Å². The van der Waals surface area contributed by atoms with Crippen molar-refractivity contribution in [1.82, 2.24) is 10.2 Å². The van der Waals surface area contributed by atoms with Gasteiger partial charge in [0.15, 0.2) is 0 Å². The smallest absolute Gasteiger partial charge is 0.0397 e. The minimum absolute atomic E-state index is 0.848. The molecule has 1 aliphatic rings. The molecular formula is C20H23BrN2. The van der Waals surface area contributed by atoms with Gasteiger partial charge >= 0.3 is 0 Å². The Labute approximate surface area is 147 Å². The van der Waals surface area contributed by atoms with E-state index in [-0.39, 0.29) is 0 Å². The van der Waals surface area contributed by atoms with E-state index in [1.165, 1.54) is 26.7 Å². The highest BCUT2D eigenvalue weighted by atomic mass is 79.9. The summed E-state index contributed by atoms with van der Waals surface area (Å²) in [7, 11) is 0. The van der Waals surface area contributed by atoms with Crippen LogP contribution in [-0.2, 0) is 26.1 Å². The van der Waals surface area contributed by atoms with Crippen molar-refractivity contribution in [3.05, 3.63) is 81.5 Å². The van der Waals surface area contributed by atoms with Crippen LogP contribution < -0.4 is 5.32 Å². The fourth-order valence-electron chi connectivity index (χ4n) is 3.03. The summed E-state index contributed by atoms with van der Waals surface area (Å²) in [5.74, 6) is 0. The molecule has 1 aliphatic heterocycles. The van der Waals surface area contributed by atoms with Gasteiger partial charge in [-0.3, -0.25) is 4.90 Å². The van der Waals surface area contributed by atoms with Gasteiger partial charge in [0.25, 0.3) is 0 Å². The number of allylic oxidation sites excluding steroid dienone is 1. The maximum Gasteiger partial charge on any atom is 0.0397 e. The second-order valence-electron chi connectivity index (χ2n) is 6.29. The number of fused-ring (bicyclic) bond motifs is 1. The molecular weight excluding hydrogens is 348 g/mol. The molecule has 0 aliphatic carbocycles. The normalized spacial score (nSPS) is 14.3. The Hall–Kier alpha value is -1.58. The van der Waals surface area contributed by atoms with Crippen molar-refractivity contribution < 1.29 is 0 Å². The Bertz CT molecular complexity index is 691. The van der Waals surface area contributed by atoms with Crippen LogP contribution in [0.15, 0.2) is 59.2 Å².